The van der Waals surface area contributed by atoms with Crippen LogP contribution in [0.2, 0.25) is 0 Å². The van der Waals surface area contributed by atoms with E-state index in [1.165, 1.54) is 122 Å². The molecular formula is C59H105N2O7P. The summed E-state index contributed by atoms with van der Waals surface area (Å²) in [6.07, 6.45) is 62.5. The number of amides is 1. The number of nitrogens with zero attached hydrogens (tertiary/aromatic N) is 1. The zero-order valence-electron chi connectivity index (χ0n) is 45.2. The van der Waals surface area contributed by atoms with Crippen molar-refractivity contribution in [3.63, 3.8) is 0 Å². The Bertz CT molecular complexity index is 1460. The number of likely N-dealkylation sites (N-methyl/N-ethyl adjacent to an activating group) is 1. The fraction of sp³-hybridized carbons (Fsp3) is 0.729. The lowest BCUT2D eigenvalue weighted by atomic mass is 10.0. The molecule has 0 aromatic heterocycles. The van der Waals surface area contributed by atoms with Crippen molar-refractivity contribution in [2.24, 2.45) is 0 Å². The molecule has 0 radical (unpaired) electrons. The first-order valence-electron chi connectivity index (χ1n) is 28.0. The minimum Gasteiger partial charge on any atom is -0.756 e. The number of carbonyl (C=O) groups excluding carboxylic acids is 2. The molecule has 9 nitrogen and oxygen atoms in total. The number of ether oxygens (including phenoxy) is 1. The molecule has 0 heterocycles. The molecule has 0 bridgehead atoms. The van der Waals surface area contributed by atoms with Crippen LogP contribution in [0.5, 0.6) is 0 Å². The largest absolute Gasteiger partial charge is 0.756 e. The number of esters is 1. The highest BCUT2D eigenvalue weighted by atomic mass is 31.2. The summed E-state index contributed by atoms with van der Waals surface area (Å²) in [5, 5.41) is 3.00. The van der Waals surface area contributed by atoms with Gasteiger partial charge in [0.1, 0.15) is 19.3 Å². The number of hydrogen-bond acceptors (Lipinski definition) is 7. The smallest absolute Gasteiger partial charge is 0.306 e. The summed E-state index contributed by atoms with van der Waals surface area (Å²) >= 11 is 0. The SMILES string of the molecule is CC\C=C/C=C/C=C/C=C\C=C\C=C\CCCCCC(=O)OC(/C=C/CCCCCCCCCCCC)C(COP(=O)([O-])OCC[N+](C)(C)C)NC(=O)CCCCCCCCCCCCCCCC. The minimum absolute atomic E-state index is 0.0325. The van der Waals surface area contributed by atoms with Crippen molar-refractivity contribution in [1.82, 2.24) is 5.32 Å². The summed E-state index contributed by atoms with van der Waals surface area (Å²) in [6, 6.07) is -0.907. The maximum Gasteiger partial charge on any atom is 0.306 e. The lowest BCUT2D eigenvalue weighted by Gasteiger charge is -2.30. The third kappa shape index (κ3) is 49.9. The molecule has 3 atom stereocenters. The van der Waals surface area contributed by atoms with Crippen molar-refractivity contribution in [1.29, 1.82) is 0 Å². The number of unbranched alkanes of at least 4 members (excludes halogenated alkanes) is 26. The lowest BCUT2D eigenvalue weighted by Crippen LogP contribution is -2.47. The van der Waals surface area contributed by atoms with E-state index in [1.54, 1.807) is 0 Å². The Labute approximate surface area is 425 Å². The molecule has 0 aromatic rings. The van der Waals surface area contributed by atoms with Gasteiger partial charge in [-0.15, -0.1) is 0 Å². The fourth-order valence-corrected chi connectivity index (χ4v) is 8.39. The Hall–Kier alpha value is -2.81. The number of carbonyl (C=O) groups is 2. The van der Waals surface area contributed by atoms with Gasteiger partial charge in [-0.25, -0.2) is 0 Å². The molecular weight excluding hydrogens is 880 g/mol. The van der Waals surface area contributed by atoms with E-state index in [0.717, 1.165) is 64.2 Å². The third-order valence-electron chi connectivity index (χ3n) is 12.0. The van der Waals surface area contributed by atoms with Gasteiger partial charge in [-0.05, 0) is 51.0 Å². The molecule has 0 aliphatic heterocycles. The number of allylic oxidation sites excluding steroid dienone is 13. The van der Waals surface area contributed by atoms with Gasteiger partial charge in [0.05, 0.1) is 33.8 Å². The molecule has 0 rings (SSSR count). The van der Waals surface area contributed by atoms with Crippen LogP contribution in [-0.2, 0) is 27.9 Å². The quantitative estimate of drug-likeness (QED) is 0.0161. The van der Waals surface area contributed by atoms with Gasteiger partial charge < -0.3 is 28.5 Å². The Morgan fingerprint density at radius 3 is 1.41 bits per heavy atom. The average Bonchev–Trinajstić information content (AvgIpc) is 3.31. The van der Waals surface area contributed by atoms with Crippen LogP contribution < -0.4 is 10.2 Å². The number of hydrogen-bond donors (Lipinski definition) is 1. The van der Waals surface area contributed by atoms with Crippen LogP contribution in [0.25, 0.3) is 0 Å². The second kappa shape index (κ2) is 48.8. The van der Waals surface area contributed by atoms with Crippen LogP contribution in [0.3, 0.4) is 0 Å². The Morgan fingerprint density at radius 1 is 0.522 bits per heavy atom. The van der Waals surface area contributed by atoms with E-state index in [2.05, 4.69) is 38.2 Å². The monoisotopic (exact) mass is 985 g/mol. The van der Waals surface area contributed by atoms with Crippen LogP contribution >= 0.6 is 7.82 Å². The van der Waals surface area contributed by atoms with Crippen molar-refractivity contribution >= 4 is 19.7 Å². The molecule has 0 fully saturated rings. The van der Waals surface area contributed by atoms with Gasteiger partial charge >= 0.3 is 5.97 Å². The molecule has 398 valence electrons. The van der Waals surface area contributed by atoms with Crippen LogP contribution in [0.4, 0.5) is 0 Å². The zero-order valence-corrected chi connectivity index (χ0v) is 46.1. The molecule has 1 amide bonds. The second-order valence-corrected chi connectivity index (χ2v) is 21.3. The molecule has 0 saturated heterocycles. The van der Waals surface area contributed by atoms with Gasteiger partial charge in [0.25, 0.3) is 7.82 Å². The first-order chi connectivity index (χ1) is 33.4. The summed E-state index contributed by atoms with van der Waals surface area (Å²) in [7, 11) is 1.15. The zero-order chi connectivity index (χ0) is 50.8. The number of quaternary nitrogens is 1. The maximum absolute atomic E-state index is 13.5. The van der Waals surface area contributed by atoms with Gasteiger partial charge in [0.15, 0.2) is 0 Å². The average molecular weight is 985 g/mol. The van der Waals surface area contributed by atoms with Crippen LogP contribution in [0, 0.1) is 0 Å². The molecule has 1 N–H and O–H groups in total. The second-order valence-electron chi connectivity index (χ2n) is 19.9. The Balaban J connectivity index is 5.47. The van der Waals surface area contributed by atoms with Crippen LogP contribution in [0.15, 0.2) is 85.1 Å². The molecule has 0 aromatic carbocycles. The predicted molar refractivity (Wildman–Crippen MR) is 293 cm³/mol. The van der Waals surface area contributed by atoms with E-state index >= 15 is 0 Å². The standard InChI is InChI=1S/C59H105N2O7P/c1-7-10-13-16-19-22-25-28-30-31-32-34-37-40-43-46-49-52-59(63)68-57(50-47-44-41-38-35-27-24-21-18-15-12-9-3)56(55-67-69(64,65)66-54-53-61(4,5)6)60-58(62)51-48-45-42-39-36-33-29-26-23-20-17-14-11-8-2/h10,13,16,19,22,25,28,30-32,34,37,47,50,56-57H,7-9,11-12,14-15,17-18,20-21,23-24,26-27,29,33,35-36,38-46,48-49,51-55H2,1-6H3,(H-,60,62,64,65)/b13-10-,19-16+,25-22+,30-28-,32-31+,37-34+,50-47+. The molecule has 69 heavy (non-hydrogen) atoms. The van der Waals surface area contributed by atoms with E-state index < -0.39 is 26.6 Å². The van der Waals surface area contributed by atoms with Crippen molar-refractivity contribution in [2.45, 2.75) is 238 Å². The molecule has 0 aliphatic rings. The number of rotatable bonds is 49. The highest BCUT2D eigenvalue weighted by Gasteiger charge is 2.27. The summed E-state index contributed by atoms with van der Waals surface area (Å²) in [5.41, 5.74) is 0. The molecule has 0 saturated carbocycles. The maximum atomic E-state index is 13.5. The van der Waals surface area contributed by atoms with Crippen molar-refractivity contribution < 1.29 is 37.3 Å². The van der Waals surface area contributed by atoms with Gasteiger partial charge in [0.2, 0.25) is 5.91 Å². The van der Waals surface area contributed by atoms with E-state index in [9.17, 15) is 19.0 Å². The van der Waals surface area contributed by atoms with Gasteiger partial charge in [0, 0.05) is 12.8 Å². The lowest BCUT2D eigenvalue weighted by molar-refractivity contribution is -0.870. The summed E-state index contributed by atoms with van der Waals surface area (Å²) in [4.78, 5) is 39.8. The fourth-order valence-electron chi connectivity index (χ4n) is 7.67. The molecule has 10 heteroatoms. The van der Waals surface area contributed by atoms with E-state index in [-0.39, 0.29) is 24.9 Å². The number of nitrogens with one attached hydrogen (secondary N) is 1. The van der Waals surface area contributed by atoms with E-state index in [4.69, 9.17) is 13.8 Å². The predicted octanol–water partition coefficient (Wildman–Crippen LogP) is 16.0. The van der Waals surface area contributed by atoms with E-state index in [1.807, 2.05) is 94.1 Å². The van der Waals surface area contributed by atoms with Crippen LogP contribution in [-0.4, -0.2) is 69.4 Å². The molecule has 3 unspecified atom stereocenters. The topological polar surface area (TPSA) is 114 Å². The third-order valence-corrected chi connectivity index (χ3v) is 13.0. The minimum atomic E-state index is -4.70. The summed E-state index contributed by atoms with van der Waals surface area (Å²) in [6.45, 7) is 6.65. The van der Waals surface area contributed by atoms with Gasteiger partial charge in [-0.3, -0.25) is 14.2 Å². The summed E-state index contributed by atoms with van der Waals surface area (Å²) in [5.74, 6) is -0.593. The van der Waals surface area contributed by atoms with Crippen LogP contribution in [0.1, 0.15) is 226 Å². The Morgan fingerprint density at radius 2 is 0.928 bits per heavy atom. The molecule has 0 aliphatic carbocycles. The molecule has 0 spiro atoms. The van der Waals surface area contributed by atoms with E-state index in [0.29, 0.717) is 23.9 Å². The van der Waals surface area contributed by atoms with Gasteiger partial charge in [-0.1, -0.05) is 247 Å². The first kappa shape index (κ1) is 66.2. The van der Waals surface area contributed by atoms with Crippen molar-refractivity contribution in [2.75, 3.05) is 40.9 Å². The van der Waals surface area contributed by atoms with Gasteiger partial charge in [-0.2, -0.15) is 0 Å². The highest BCUT2D eigenvalue weighted by molar-refractivity contribution is 7.45. The van der Waals surface area contributed by atoms with Crippen molar-refractivity contribution in [3.05, 3.63) is 85.1 Å². The Kier molecular flexibility index (Phi) is 46.8. The highest BCUT2D eigenvalue weighted by Crippen LogP contribution is 2.38. The first-order valence-corrected chi connectivity index (χ1v) is 29.4. The normalized spacial score (nSPS) is 14.5. The van der Waals surface area contributed by atoms with Crippen molar-refractivity contribution in [3.8, 4) is 0 Å². The number of phosphoric ester groups is 1. The summed E-state index contributed by atoms with van der Waals surface area (Å²) < 4.78 is 30.2. The number of phosphoric acid groups is 1.